The van der Waals surface area contributed by atoms with E-state index in [9.17, 15) is 9.59 Å². The Labute approximate surface area is 215 Å². The first kappa shape index (κ1) is 23.2. The van der Waals surface area contributed by atoms with Crippen LogP contribution in [0.3, 0.4) is 0 Å². The van der Waals surface area contributed by atoms with Crippen LogP contribution in [0.1, 0.15) is 52.9 Å². The maximum Gasteiger partial charge on any atom is 0.254 e. The molecule has 6 rings (SSSR count). The first-order chi connectivity index (χ1) is 18.1. The van der Waals surface area contributed by atoms with Gasteiger partial charge < -0.3 is 29.2 Å². The van der Waals surface area contributed by atoms with E-state index >= 15 is 0 Å². The lowest BCUT2D eigenvalue weighted by Gasteiger charge is -2.45. The van der Waals surface area contributed by atoms with Gasteiger partial charge in [-0.3, -0.25) is 9.59 Å². The Hall–Kier alpha value is -4.20. The number of benzene rings is 3. The minimum atomic E-state index is -0.620. The largest absolute Gasteiger partial charge is 0.490 e. The predicted molar refractivity (Wildman–Crippen MR) is 137 cm³/mol. The monoisotopic (exact) mass is 500 g/mol. The topological polar surface area (TPSA) is 86.3 Å². The molecule has 8 heteroatoms. The van der Waals surface area contributed by atoms with E-state index in [1.807, 2.05) is 49.1 Å². The van der Waals surface area contributed by atoms with Crippen molar-refractivity contribution in [2.24, 2.45) is 0 Å². The fourth-order valence-electron chi connectivity index (χ4n) is 5.55. The second-order valence-corrected chi connectivity index (χ2v) is 9.18. The highest BCUT2D eigenvalue weighted by molar-refractivity contribution is 6.04. The van der Waals surface area contributed by atoms with Gasteiger partial charge in [0, 0.05) is 23.9 Å². The lowest BCUT2D eigenvalue weighted by atomic mass is 9.75. The average Bonchev–Trinajstić information content (AvgIpc) is 3.37. The van der Waals surface area contributed by atoms with Crippen molar-refractivity contribution in [2.75, 3.05) is 31.9 Å². The van der Waals surface area contributed by atoms with Crippen LogP contribution in [-0.4, -0.2) is 43.3 Å². The van der Waals surface area contributed by atoms with Crippen molar-refractivity contribution in [1.29, 1.82) is 0 Å². The molecular formula is C29H28N2O6. The Morgan fingerprint density at radius 2 is 1.73 bits per heavy atom. The van der Waals surface area contributed by atoms with Crippen LogP contribution in [0.4, 0.5) is 5.69 Å². The van der Waals surface area contributed by atoms with Crippen molar-refractivity contribution < 1.29 is 28.5 Å². The molecule has 2 amide bonds. The normalized spacial score (nSPS) is 19.0. The van der Waals surface area contributed by atoms with Gasteiger partial charge >= 0.3 is 0 Å². The van der Waals surface area contributed by atoms with Gasteiger partial charge in [0.1, 0.15) is 0 Å². The van der Waals surface area contributed by atoms with Crippen LogP contribution in [-0.2, 0) is 11.2 Å². The molecule has 2 atom stereocenters. The van der Waals surface area contributed by atoms with Crippen LogP contribution in [0.5, 0.6) is 23.0 Å². The molecule has 0 bridgehead atoms. The van der Waals surface area contributed by atoms with E-state index in [0.29, 0.717) is 66.0 Å². The van der Waals surface area contributed by atoms with Crippen molar-refractivity contribution in [3.05, 3.63) is 76.9 Å². The van der Waals surface area contributed by atoms with Crippen LogP contribution in [0.2, 0.25) is 0 Å². The Kier molecular flexibility index (Phi) is 5.87. The molecule has 3 heterocycles. The summed E-state index contributed by atoms with van der Waals surface area (Å²) in [6.45, 7) is 5.51. The third-order valence-corrected chi connectivity index (χ3v) is 7.11. The minimum Gasteiger partial charge on any atom is -0.490 e. The summed E-state index contributed by atoms with van der Waals surface area (Å²) in [6.07, 6.45) is 0.669. The number of nitrogens with one attached hydrogen (secondary N) is 1. The van der Waals surface area contributed by atoms with Gasteiger partial charge in [0.05, 0.1) is 25.2 Å². The predicted octanol–water partition coefficient (Wildman–Crippen LogP) is 4.69. The fourth-order valence-corrected chi connectivity index (χ4v) is 5.55. The lowest BCUT2D eigenvalue weighted by molar-refractivity contribution is -0.119. The Balaban J connectivity index is 1.45. The van der Waals surface area contributed by atoms with E-state index in [2.05, 4.69) is 5.32 Å². The molecule has 0 saturated heterocycles. The summed E-state index contributed by atoms with van der Waals surface area (Å²) in [5.74, 6) is 1.65. The standard InChI is InChI=1S/C29H28N2O6/c1-3-34-23-13-17-11-12-31-27(21(17)15-25(23)35-4-2)26(19-7-5-6-8-20(19)29(31)33)28(32)30-18-9-10-22-24(14-18)37-16-36-22/h5-10,13-15,26-27H,3-4,11-12,16H2,1-2H3,(H,30,32). The number of hydrogen-bond donors (Lipinski definition) is 1. The number of nitrogens with zero attached hydrogens (tertiary/aromatic N) is 1. The number of anilines is 1. The van der Waals surface area contributed by atoms with Crippen LogP contribution in [0.15, 0.2) is 54.6 Å². The van der Waals surface area contributed by atoms with Gasteiger partial charge in [0.15, 0.2) is 23.0 Å². The summed E-state index contributed by atoms with van der Waals surface area (Å²) < 4.78 is 22.6. The number of carbonyl (C=O) groups is 2. The van der Waals surface area contributed by atoms with Gasteiger partial charge in [-0.05, 0) is 67.3 Å². The Morgan fingerprint density at radius 1 is 0.973 bits per heavy atom. The highest BCUT2D eigenvalue weighted by atomic mass is 16.7. The molecular weight excluding hydrogens is 472 g/mol. The number of carbonyl (C=O) groups excluding carboxylic acids is 2. The number of ether oxygens (including phenoxy) is 4. The molecule has 3 aromatic rings. The first-order valence-electron chi connectivity index (χ1n) is 12.6. The summed E-state index contributed by atoms with van der Waals surface area (Å²) in [5, 5.41) is 3.06. The molecule has 3 aliphatic rings. The van der Waals surface area contributed by atoms with Gasteiger partial charge in [-0.1, -0.05) is 18.2 Å². The summed E-state index contributed by atoms with van der Waals surface area (Å²) >= 11 is 0. The molecule has 37 heavy (non-hydrogen) atoms. The third kappa shape index (κ3) is 3.93. The molecule has 0 saturated carbocycles. The highest BCUT2D eigenvalue weighted by Gasteiger charge is 2.46. The van der Waals surface area contributed by atoms with Gasteiger partial charge in [-0.15, -0.1) is 0 Å². The molecule has 3 aromatic carbocycles. The van der Waals surface area contributed by atoms with E-state index < -0.39 is 12.0 Å². The van der Waals surface area contributed by atoms with Crippen molar-refractivity contribution in [3.8, 4) is 23.0 Å². The molecule has 3 aliphatic heterocycles. The van der Waals surface area contributed by atoms with Crippen LogP contribution < -0.4 is 24.3 Å². The minimum absolute atomic E-state index is 0.0646. The van der Waals surface area contributed by atoms with Gasteiger partial charge in [0.2, 0.25) is 12.7 Å². The molecule has 0 spiro atoms. The van der Waals surface area contributed by atoms with E-state index in [0.717, 1.165) is 11.1 Å². The molecule has 2 unspecified atom stereocenters. The van der Waals surface area contributed by atoms with Gasteiger partial charge in [0.25, 0.3) is 5.91 Å². The summed E-state index contributed by atoms with van der Waals surface area (Å²) in [6, 6.07) is 16.2. The maximum absolute atomic E-state index is 14.0. The lowest BCUT2D eigenvalue weighted by Crippen LogP contribution is -2.49. The zero-order valence-corrected chi connectivity index (χ0v) is 20.8. The number of rotatable bonds is 6. The molecule has 0 aromatic heterocycles. The molecule has 0 fully saturated rings. The van der Waals surface area contributed by atoms with Crippen molar-refractivity contribution >= 4 is 17.5 Å². The van der Waals surface area contributed by atoms with Crippen LogP contribution in [0.25, 0.3) is 0 Å². The quantitative estimate of drug-likeness (QED) is 0.529. The SMILES string of the molecule is CCOc1cc2c(cc1OCC)C1C(C(=O)Nc3ccc4c(c3)OCO4)c3ccccc3C(=O)N1CC2. The highest BCUT2D eigenvalue weighted by Crippen LogP contribution is 2.49. The van der Waals surface area contributed by atoms with E-state index in [4.69, 9.17) is 18.9 Å². The Morgan fingerprint density at radius 3 is 2.54 bits per heavy atom. The smallest absolute Gasteiger partial charge is 0.254 e. The zero-order chi connectivity index (χ0) is 25.5. The average molecular weight is 501 g/mol. The summed E-state index contributed by atoms with van der Waals surface area (Å²) in [4.78, 5) is 29.4. The number of amides is 2. The molecule has 8 nitrogen and oxygen atoms in total. The number of fused-ring (bicyclic) bond motifs is 5. The second kappa shape index (κ2) is 9.35. The van der Waals surface area contributed by atoms with Crippen molar-refractivity contribution in [3.63, 3.8) is 0 Å². The summed E-state index contributed by atoms with van der Waals surface area (Å²) in [5.41, 5.74) is 3.84. The fraction of sp³-hybridized carbons (Fsp3) is 0.310. The first-order valence-corrected chi connectivity index (χ1v) is 12.6. The summed E-state index contributed by atoms with van der Waals surface area (Å²) in [7, 11) is 0. The zero-order valence-electron chi connectivity index (χ0n) is 20.8. The third-order valence-electron chi connectivity index (χ3n) is 7.11. The van der Waals surface area contributed by atoms with E-state index in [-0.39, 0.29) is 18.6 Å². The van der Waals surface area contributed by atoms with Crippen LogP contribution >= 0.6 is 0 Å². The van der Waals surface area contributed by atoms with Crippen LogP contribution in [0, 0.1) is 0 Å². The van der Waals surface area contributed by atoms with E-state index in [1.165, 1.54) is 0 Å². The van der Waals surface area contributed by atoms with Gasteiger partial charge in [-0.25, -0.2) is 0 Å². The number of hydrogen-bond acceptors (Lipinski definition) is 6. The molecule has 190 valence electrons. The van der Waals surface area contributed by atoms with E-state index in [1.54, 1.807) is 24.3 Å². The van der Waals surface area contributed by atoms with Gasteiger partial charge in [-0.2, -0.15) is 0 Å². The van der Waals surface area contributed by atoms with Crippen molar-refractivity contribution in [1.82, 2.24) is 4.90 Å². The second-order valence-electron chi connectivity index (χ2n) is 9.18. The Bertz CT molecular complexity index is 1390. The molecule has 0 radical (unpaired) electrons. The maximum atomic E-state index is 14.0. The molecule has 1 N–H and O–H groups in total. The molecule has 0 aliphatic carbocycles. The van der Waals surface area contributed by atoms with Crippen molar-refractivity contribution in [2.45, 2.75) is 32.2 Å².